The van der Waals surface area contributed by atoms with Gasteiger partial charge in [-0.3, -0.25) is 4.68 Å². The van der Waals surface area contributed by atoms with Crippen LogP contribution in [0.3, 0.4) is 0 Å². The normalized spacial score (nSPS) is 12.7. The molecule has 2 rings (SSSR count). The van der Waals surface area contributed by atoms with E-state index in [-0.39, 0.29) is 0 Å². The molecule has 1 unspecified atom stereocenters. The van der Waals surface area contributed by atoms with Crippen molar-refractivity contribution in [1.29, 1.82) is 0 Å². The van der Waals surface area contributed by atoms with Crippen LogP contribution in [0.4, 0.5) is 0 Å². The summed E-state index contributed by atoms with van der Waals surface area (Å²) in [6, 6.07) is 1.90. The van der Waals surface area contributed by atoms with Crippen molar-refractivity contribution >= 4 is 0 Å². The van der Waals surface area contributed by atoms with Crippen molar-refractivity contribution in [3.63, 3.8) is 0 Å². The highest BCUT2D eigenvalue weighted by Gasteiger charge is 2.12. The second-order valence-electron chi connectivity index (χ2n) is 4.60. The summed E-state index contributed by atoms with van der Waals surface area (Å²) in [6.07, 6.45) is 4.76. The summed E-state index contributed by atoms with van der Waals surface area (Å²) < 4.78 is 1.77. The predicted molar refractivity (Wildman–Crippen MR) is 68.0 cm³/mol. The molecule has 0 saturated heterocycles. The highest BCUT2D eigenvalue weighted by molar-refractivity contribution is 5.22. The Morgan fingerprint density at radius 2 is 2.11 bits per heavy atom. The van der Waals surface area contributed by atoms with E-state index in [2.05, 4.69) is 15.3 Å². The van der Waals surface area contributed by atoms with Crippen molar-refractivity contribution in [1.82, 2.24) is 20.0 Å². The van der Waals surface area contributed by atoms with Crippen LogP contribution in [0.1, 0.15) is 35.0 Å². The fourth-order valence-corrected chi connectivity index (χ4v) is 1.97. The summed E-state index contributed by atoms with van der Waals surface area (Å²) in [6.45, 7) is 3.75. The number of aliphatic hydroxyl groups excluding tert-OH is 1. The molecule has 0 bridgehead atoms. The van der Waals surface area contributed by atoms with Crippen LogP contribution in [0.5, 0.6) is 0 Å². The molecule has 0 radical (unpaired) electrons. The molecule has 0 amide bonds. The lowest BCUT2D eigenvalue weighted by Gasteiger charge is -2.12. The largest absolute Gasteiger partial charge is 0.388 e. The lowest BCUT2D eigenvalue weighted by atomic mass is 10.0. The van der Waals surface area contributed by atoms with E-state index in [1.165, 1.54) is 0 Å². The van der Waals surface area contributed by atoms with Gasteiger partial charge in [0.1, 0.15) is 0 Å². The first-order valence-corrected chi connectivity index (χ1v) is 6.02. The van der Waals surface area contributed by atoms with Gasteiger partial charge >= 0.3 is 0 Å². The summed E-state index contributed by atoms with van der Waals surface area (Å²) >= 11 is 0. The highest BCUT2D eigenvalue weighted by Crippen LogP contribution is 2.21. The van der Waals surface area contributed by atoms with Gasteiger partial charge in [0.15, 0.2) is 0 Å². The highest BCUT2D eigenvalue weighted by atomic mass is 16.3. The van der Waals surface area contributed by atoms with Crippen molar-refractivity contribution in [2.24, 2.45) is 7.05 Å². The first-order valence-electron chi connectivity index (χ1n) is 6.02. The average Bonchev–Trinajstić information content (AvgIpc) is 2.75. The molecular formula is C13H18N4O. The minimum atomic E-state index is -0.501. The molecule has 0 fully saturated rings. The van der Waals surface area contributed by atoms with Gasteiger partial charge in [-0.15, -0.1) is 0 Å². The van der Waals surface area contributed by atoms with E-state index >= 15 is 0 Å². The molecule has 1 N–H and O–H groups in total. The van der Waals surface area contributed by atoms with Crippen LogP contribution in [-0.4, -0.2) is 25.1 Å². The molecule has 18 heavy (non-hydrogen) atoms. The van der Waals surface area contributed by atoms with Gasteiger partial charge in [0.25, 0.3) is 0 Å². The van der Waals surface area contributed by atoms with E-state index in [1.54, 1.807) is 4.68 Å². The van der Waals surface area contributed by atoms with Crippen LogP contribution in [0.25, 0.3) is 0 Å². The Kier molecular flexibility index (Phi) is 3.72. The molecule has 0 aliphatic rings. The maximum absolute atomic E-state index is 10.2. The molecule has 5 nitrogen and oxygen atoms in total. The molecule has 0 aliphatic carbocycles. The zero-order chi connectivity index (χ0) is 13.1. The van der Waals surface area contributed by atoms with Gasteiger partial charge in [0, 0.05) is 18.8 Å². The van der Waals surface area contributed by atoms with E-state index in [1.807, 2.05) is 39.4 Å². The third kappa shape index (κ3) is 2.92. The number of aryl methyl sites for hydroxylation is 4. The molecular weight excluding hydrogens is 228 g/mol. The number of hydrogen-bond donors (Lipinski definition) is 1. The first kappa shape index (κ1) is 12.7. The summed E-state index contributed by atoms with van der Waals surface area (Å²) in [7, 11) is 1.89. The minimum Gasteiger partial charge on any atom is -0.388 e. The lowest BCUT2D eigenvalue weighted by molar-refractivity contribution is 0.166. The maximum Gasteiger partial charge on any atom is 0.0812 e. The second-order valence-corrected chi connectivity index (χ2v) is 4.60. The Bertz CT molecular complexity index is 536. The molecule has 2 aromatic rings. The van der Waals surface area contributed by atoms with E-state index in [9.17, 15) is 5.11 Å². The summed E-state index contributed by atoms with van der Waals surface area (Å²) in [5, 5.41) is 22.3. The molecule has 5 heteroatoms. The molecule has 96 valence electrons. The van der Waals surface area contributed by atoms with E-state index < -0.39 is 6.10 Å². The third-order valence-corrected chi connectivity index (χ3v) is 2.96. The van der Waals surface area contributed by atoms with E-state index in [0.717, 1.165) is 28.9 Å². The van der Waals surface area contributed by atoms with Gasteiger partial charge in [0.05, 0.1) is 23.7 Å². The fourth-order valence-electron chi connectivity index (χ4n) is 1.97. The van der Waals surface area contributed by atoms with Crippen LogP contribution < -0.4 is 0 Å². The number of aromatic nitrogens is 4. The Morgan fingerprint density at radius 1 is 1.33 bits per heavy atom. The molecule has 0 spiro atoms. The van der Waals surface area contributed by atoms with Crippen LogP contribution in [0, 0.1) is 13.8 Å². The quantitative estimate of drug-likeness (QED) is 0.887. The number of aliphatic hydroxyl groups is 1. The van der Waals surface area contributed by atoms with Crippen molar-refractivity contribution in [2.45, 2.75) is 32.8 Å². The average molecular weight is 246 g/mol. The van der Waals surface area contributed by atoms with Crippen molar-refractivity contribution in [2.75, 3.05) is 0 Å². The SMILES string of the molecule is Cc1cc(C(O)CCc2cnn(C)c2)c(C)nn1. The molecule has 2 aromatic heterocycles. The monoisotopic (exact) mass is 246 g/mol. The molecule has 2 heterocycles. The van der Waals surface area contributed by atoms with Crippen LogP contribution in [-0.2, 0) is 13.5 Å². The molecule has 1 atom stereocenters. The standard InChI is InChI=1S/C13H18N4O/c1-9-6-12(10(2)16-15-9)13(18)5-4-11-7-14-17(3)8-11/h6-8,13,18H,4-5H2,1-3H3. The first-order chi connectivity index (χ1) is 8.56. The third-order valence-electron chi connectivity index (χ3n) is 2.96. The van der Waals surface area contributed by atoms with Crippen LogP contribution in [0.2, 0.25) is 0 Å². The van der Waals surface area contributed by atoms with E-state index in [0.29, 0.717) is 6.42 Å². The van der Waals surface area contributed by atoms with Crippen LogP contribution in [0.15, 0.2) is 18.5 Å². The molecule has 0 aromatic carbocycles. The van der Waals surface area contributed by atoms with Crippen molar-refractivity contribution in [3.8, 4) is 0 Å². The lowest BCUT2D eigenvalue weighted by Crippen LogP contribution is -2.05. The topological polar surface area (TPSA) is 63.8 Å². The smallest absolute Gasteiger partial charge is 0.0812 e. The Hall–Kier alpha value is -1.75. The Morgan fingerprint density at radius 3 is 2.78 bits per heavy atom. The number of hydrogen-bond acceptors (Lipinski definition) is 4. The second kappa shape index (κ2) is 5.27. The molecule has 0 saturated carbocycles. The van der Waals surface area contributed by atoms with Gasteiger partial charge in [-0.1, -0.05) is 0 Å². The summed E-state index contributed by atoms with van der Waals surface area (Å²) in [5.41, 5.74) is 3.62. The van der Waals surface area contributed by atoms with Gasteiger partial charge < -0.3 is 5.11 Å². The molecule has 0 aliphatic heterocycles. The maximum atomic E-state index is 10.2. The zero-order valence-corrected chi connectivity index (χ0v) is 11.0. The van der Waals surface area contributed by atoms with Gasteiger partial charge in [-0.25, -0.2) is 0 Å². The number of nitrogens with zero attached hydrogens (tertiary/aromatic N) is 4. The van der Waals surface area contributed by atoms with E-state index in [4.69, 9.17) is 0 Å². The Balaban J connectivity index is 2.03. The van der Waals surface area contributed by atoms with Crippen molar-refractivity contribution in [3.05, 3.63) is 41.0 Å². The predicted octanol–water partition coefficient (Wildman–Crippen LogP) is 1.49. The summed E-state index contributed by atoms with van der Waals surface area (Å²) in [5.74, 6) is 0. The van der Waals surface area contributed by atoms with Gasteiger partial charge in [-0.05, 0) is 38.3 Å². The van der Waals surface area contributed by atoms with Crippen LogP contribution >= 0.6 is 0 Å². The fraction of sp³-hybridized carbons (Fsp3) is 0.462. The van der Waals surface area contributed by atoms with Crippen molar-refractivity contribution < 1.29 is 5.11 Å². The zero-order valence-electron chi connectivity index (χ0n) is 11.0. The van der Waals surface area contributed by atoms with Gasteiger partial charge in [0.2, 0.25) is 0 Å². The minimum absolute atomic E-state index is 0.501. The van der Waals surface area contributed by atoms with Gasteiger partial charge in [-0.2, -0.15) is 15.3 Å². The number of rotatable bonds is 4. The summed E-state index contributed by atoms with van der Waals surface area (Å²) in [4.78, 5) is 0. The Labute approximate surface area is 106 Å².